The van der Waals surface area contributed by atoms with E-state index in [9.17, 15) is 14.7 Å². The maximum atomic E-state index is 12.4. The van der Waals surface area contributed by atoms with E-state index in [2.05, 4.69) is 6.92 Å². The van der Waals surface area contributed by atoms with Crippen LogP contribution in [-0.2, 0) is 9.59 Å². The van der Waals surface area contributed by atoms with Gasteiger partial charge in [0, 0.05) is 36.7 Å². The molecular formula is C21H34O3. The molecule has 0 heterocycles. The molecule has 0 saturated heterocycles. The van der Waals surface area contributed by atoms with Crippen LogP contribution in [-0.4, -0.2) is 23.3 Å². The molecule has 0 aromatic rings. The van der Waals surface area contributed by atoms with Crippen LogP contribution in [0.3, 0.4) is 0 Å². The molecule has 4 fully saturated rings. The molecule has 3 nitrogen and oxygen atoms in total. The molecule has 4 aliphatic carbocycles. The molecule has 0 radical (unpaired) electrons. The number of hydrogen-bond donors (Lipinski definition) is 1. The van der Waals surface area contributed by atoms with E-state index in [1.54, 1.807) is 0 Å². The molecule has 0 bridgehead atoms. The second-order valence-corrected chi connectivity index (χ2v) is 8.70. The van der Waals surface area contributed by atoms with E-state index in [0.717, 1.165) is 44.9 Å². The Hall–Kier alpha value is -0.700. The van der Waals surface area contributed by atoms with Crippen LogP contribution in [0.15, 0.2) is 0 Å². The van der Waals surface area contributed by atoms with E-state index in [1.165, 1.54) is 0 Å². The second kappa shape index (κ2) is 6.55. The lowest BCUT2D eigenvalue weighted by molar-refractivity contribution is -0.154. The lowest BCUT2D eigenvalue weighted by atomic mass is 9.45. The number of aliphatic hydroxyl groups is 1. The normalized spacial score (nSPS) is 47.2. The number of carbonyl (C=O) groups is 2. The average molecular weight is 335 g/mol. The number of rotatable bonds is 1. The first-order chi connectivity index (χ1) is 11.5. The summed E-state index contributed by atoms with van der Waals surface area (Å²) in [5.74, 6) is 2.93. The van der Waals surface area contributed by atoms with Gasteiger partial charge < -0.3 is 5.11 Å². The maximum absolute atomic E-state index is 12.4. The van der Waals surface area contributed by atoms with Crippen LogP contribution >= 0.6 is 0 Å². The average Bonchev–Trinajstić information content (AvgIpc) is 2.91. The van der Waals surface area contributed by atoms with Crippen molar-refractivity contribution in [1.82, 2.24) is 0 Å². The molecule has 3 heteroatoms. The Labute approximate surface area is 146 Å². The number of Topliss-reactive ketones (excluding diaryl/α,β-unsaturated/α-hetero) is 2. The quantitative estimate of drug-likeness (QED) is 0.783. The molecule has 0 amide bonds. The van der Waals surface area contributed by atoms with Gasteiger partial charge in [-0.15, -0.1) is 0 Å². The summed E-state index contributed by atoms with van der Waals surface area (Å²) >= 11 is 0. The summed E-state index contributed by atoms with van der Waals surface area (Å²) in [6.07, 6.45) is 8.36. The van der Waals surface area contributed by atoms with Crippen molar-refractivity contribution in [2.24, 2.45) is 34.5 Å². The Morgan fingerprint density at radius 2 is 1.75 bits per heavy atom. The molecule has 0 aromatic heterocycles. The standard InChI is InChI=1S/C19H28O3.C2H6/c1-18-8-7-16-14(15(18)4-5-17(18)22)3-2-12-10-13(21)6-9-19(12,16)11-20;1-2/h12,14-16,20H,2-11H2,1H3;1-2H3. The number of ketones is 2. The predicted molar refractivity (Wildman–Crippen MR) is 94.5 cm³/mol. The van der Waals surface area contributed by atoms with Gasteiger partial charge in [-0.25, -0.2) is 0 Å². The Bertz CT molecular complexity index is 513. The molecule has 6 unspecified atom stereocenters. The summed E-state index contributed by atoms with van der Waals surface area (Å²) in [6.45, 7) is 6.44. The van der Waals surface area contributed by atoms with Crippen LogP contribution in [0.1, 0.15) is 78.6 Å². The smallest absolute Gasteiger partial charge is 0.139 e. The fourth-order valence-electron chi connectivity index (χ4n) is 6.93. The van der Waals surface area contributed by atoms with Gasteiger partial charge in [0.1, 0.15) is 11.6 Å². The van der Waals surface area contributed by atoms with E-state index < -0.39 is 0 Å². The maximum Gasteiger partial charge on any atom is 0.139 e. The number of carbonyl (C=O) groups excluding carboxylic acids is 2. The Kier molecular flexibility index (Phi) is 4.94. The van der Waals surface area contributed by atoms with Crippen LogP contribution in [0, 0.1) is 34.5 Å². The third kappa shape index (κ3) is 2.41. The first-order valence-electron chi connectivity index (χ1n) is 10.2. The fraction of sp³-hybridized carbons (Fsp3) is 0.905. The van der Waals surface area contributed by atoms with Gasteiger partial charge in [0.2, 0.25) is 0 Å². The van der Waals surface area contributed by atoms with Gasteiger partial charge in [0.25, 0.3) is 0 Å². The molecule has 136 valence electrons. The Morgan fingerprint density at radius 1 is 1.00 bits per heavy atom. The van der Waals surface area contributed by atoms with Gasteiger partial charge in [-0.2, -0.15) is 0 Å². The van der Waals surface area contributed by atoms with E-state index in [4.69, 9.17) is 0 Å². The van der Waals surface area contributed by atoms with Gasteiger partial charge in [0.05, 0.1) is 0 Å². The van der Waals surface area contributed by atoms with Gasteiger partial charge >= 0.3 is 0 Å². The minimum atomic E-state index is -0.0882. The topological polar surface area (TPSA) is 54.4 Å². The zero-order valence-corrected chi connectivity index (χ0v) is 15.6. The van der Waals surface area contributed by atoms with E-state index in [0.29, 0.717) is 48.1 Å². The van der Waals surface area contributed by atoms with Crippen LogP contribution in [0.25, 0.3) is 0 Å². The Balaban J connectivity index is 0.000000815. The summed E-state index contributed by atoms with van der Waals surface area (Å²) in [4.78, 5) is 24.3. The van der Waals surface area contributed by atoms with Crippen molar-refractivity contribution >= 4 is 11.6 Å². The molecule has 24 heavy (non-hydrogen) atoms. The number of aliphatic hydroxyl groups excluding tert-OH is 1. The molecule has 0 spiro atoms. The number of fused-ring (bicyclic) bond motifs is 5. The first kappa shape index (κ1) is 18.1. The van der Waals surface area contributed by atoms with Crippen molar-refractivity contribution in [2.75, 3.05) is 6.61 Å². The highest BCUT2D eigenvalue weighted by Crippen LogP contribution is 2.65. The SMILES string of the molecule is CC.CC12CCC3C(CCC4CC(=O)CCC43CO)C1CCC2=O. The third-order valence-electron chi connectivity index (χ3n) is 8.18. The molecule has 4 rings (SSSR count). The summed E-state index contributed by atoms with van der Waals surface area (Å²) in [5.41, 5.74) is -0.112. The zero-order chi connectivity index (χ0) is 17.5. The Morgan fingerprint density at radius 3 is 2.46 bits per heavy atom. The highest BCUT2D eigenvalue weighted by Gasteiger charge is 2.61. The number of hydrogen-bond acceptors (Lipinski definition) is 3. The fourth-order valence-corrected chi connectivity index (χ4v) is 6.93. The van der Waals surface area contributed by atoms with Crippen LogP contribution in [0.5, 0.6) is 0 Å². The lowest BCUT2D eigenvalue weighted by Crippen LogP contribution is -2.56. The first-order valence-corrected chi connectivity index (χ1v) is 10.2. The molecule has 4 aliphatic rings. The summed E-state index contributed by atoms with van der Waals surface area (Å²) in [6, 6.07) is 0. The van der Waals surface area contributed by atoms with E-state index in [1.807, 2.05) is 13.8 Å². The van der Waals surface area contributed by atoms with Crippen molar-refractivity contribution in [2.45, 2.75) is 78.6 Å². The van der Waals surface area contributed by atoms with Crippen LogP contribution in [0.2, 0.25) is 0 Å². The monoisotopic (exact) mass is 334 g/mol. The predicted octanol–water partition coefficient (Wildman–Crippen LogP) is 4.17. The lowest BCUT2D eigenvalue weighted by Gasteiger charge is -2.59. The molecule has 4 saturated carbocycles. The van der Waals surface area contributed by atoms with Gasteiger partial charge in [-0.3, -0.25) is 9.59 Å². The minimum absolute atomic E-state index is 0.0240. The van der Waals surface area contributed by atoms with Gasteiger partial charge in [-0.1, -0.05) is 20.8 Å². The van der Waals surface area contributed by atoms with Gasteiger partial charge in [-0.05, 0) is 62.2 Å². The molecule has 0 aromatic carbocycles. The van der Waals surface area contributed by atoms with Crippen LogP contribution < -0.4 is 0 Å². The third-order valence-corrected chi connectivity index (χ3v) is 8.18. The van der Waals surface area contributed by atoms with Crippen LogP contribution in [0.4, 0.5) is 0 Å². The summed E-state index contributed by atoms with van der Waals surface area (Å²) < 4.78 is 0. The van der Waals surface area contributed by atoms with Crippen molar-refractivity contribution < 1.29 is 14.7 Å². The van der Waals surface area contributed by atoms with Crippen molar-refractivity contribution in [3.63, 3.8) is 0 Å². The molecule has 0 aliphatic heterocycles. The van der Waals surface area contributed by atoms with E-state index in [-0.39, 0.29) is 17.4 Å². The molecule has 6 atom stereocenters. The summed E-state index contributed by atoms with van der Waals surface area (Å²) in [7, 11) is 0. The zero-order valence-electron chi connectivity index (χ0n) is 15.6. The van der Waals surface area contributed by atoms with Crippen molar-refractivity contribution in [3.05, 3.63) is 0 Å². The largest absolute Gasteiger partial charge is 0.396 e. The highest BCUT2D eigenvalue weighted by molar-refractivity contribution is 5.87. The molecular weight excluding hydrogens is 300 g/mol. The molecule has 1 N–H and O–H groups in total. The van der Waals surface area contributed by atoms with E-state index >= 15 is 0 Å². The highest BCUT2D eigenvalue weighted by atomic mass is 16.3. The van der Waals surface area contributed by atoms with Gasteiger partial charge in [0.15, 0.2) is 0 Å². The minimum Gasteiger partial charge on any atom is -0.396 e. The summed E-state index contributed by atoms with van der Waals surface area (Å²) in [5, 5.41) is 10.3. The van der Waals surface area contributed by atoms with Crippen molar-refractivity contribution in [1.29, 1.82) is 0 Å². The van der Waals surface area contributed by atoms with Crippen molar-refractivity contribution in [3.8, 4) is 0 Å². The second-order valence-electron chi connectivity index (χ2n) is 8.70.